The first kappa shape index (κ1) is 16.6. The number of amides is 2. The number of nitrogens with one attached hydrogen (secondary N) is 3. The lowest BCUT2D eigenvalue weighted by Crippen LogP contribution is -2.41. The Bertz CT molecular complexity index is 922. The van der Waals surface area contributed by atoms with Crippen molar-refractivity contribution >= 4 is 28.8 Å². The molecule has 1 atom stereocenters. The first-order chi connectivity index (χ1) is 11.9. The lowest BCUT2D eigenvalue weighted by atomic mass is 10.2. The Morgan fingerprint density at radius 3 is 2.60 bits per heavy atom. The number of nitrogens with zero attached hydrogens (tertiary/aromatic N) is 1. The molecular weight excluding hydrogens is 330 g/mol. The standard InChI is InChI=1S/C17H14F2N4O2/c1-9(20-16(25)10-6-7-11(18)12(19)8-10)15(24)23-17-21-13-4-2-3-5-14(13)22-17/h2-9H,1H3,(H,20,25)(H2,21,22,23,24)/t9-/m1/s1. The van der Waals surface area contributed by atoms with Gasteiger partial charge in [-0.25, -0.2) is 13.8 Å². The van der Waals surface area contributed by atoms with E-state index in [0.717, 1.165) is 23.7 Å². The summed E-state index contributed by atoms with van der Waals surface area (Å²) in [6, 6.07) is 9.10. The van der Waals surface area contributed by atoms with Crippen molar-refractivity contribution in [1.29, 1.82) is 0 Å². The van der Waals surface area contributed by atoms with Gasteiger partial charge in [0.15, 0.2) is 11.6 Å². The Kier molecular flexibility index (Phi) is 4.42. The lowest BCUT2D eigenvalue weighted by Gasteiger charge is -2.13. The first-order valence-corrected chi connectivity index (χ1v) is 7.45. The van der Waals surface area contributed by atoms with E-state index in [1.807, 2.05) is 18.2 Å². The van der Waals surface area contributed by atoms with Gasteiger partial charge in [-0.05, 0) is 37.3 Å². The molecule has 6 nitrogen and oxygen atoms in total. The summed E-state index contributed by atoms with van der Waals surface area (Å²) in [6.45, 7) is 1.47. The molecule has 0 aliphatic rings. The van der Waals surface area contributed by atoms with Crippen molar-refractivity contribution in [3.63, 3.8) is 0 Å². The monoisotopic (exact) mass is 344 g/mol. The van der Waals surface area contributed by atoms with Crippen LogP contribution in [-0.2, 0) is 4.79 Å². The number of carbonyl (C=O) groups is 2. The van der Waals surface area contributed by atoms with E-state index >= 15 is 0 Å². The number of para-hydroxylation sites is 2. The highest BCUT2D eigenvalue weighted by molar-refractivity contribution is 6.00. The molecule has 8 heteroatoms. The molecule has 128 valence electrons. The third kappa shape index (κ3) is 3.63. The number of carbonyl (C=O) groups excluding carboxylic acids is 2. The lowest BCUT2D eigenvalue weighted by molar-refractivity contribution is -0.117. The maximum Gasteiger partial charge on any atom is 0.252 e. The van der Waals surface area contributed by atoms with Crippen molar-refractivity contribution in [1.82, 2.24) is 15.3 Å². The zero-order valence-corrected chi connectivity index (χ0v) is 13.1. The summed E-state index contributed by atoms with van der Waals surface area (Å²) in [5.41, 5.74) is 1.37. The van der Waals surface area contributed by atoms with Gasteiger partial charge in [0.25, 0.3) is 5.91 Å². The Labute approximate surface area is 141 Å². The highest BCUT2D eigenvalue weighted by Gasteiger charge is 2.18. The van der Waals surface area contributed by atoms with Gasteiger partial charge in [0.2, 0.25) is 11.9 Å². The number of hydrogen-bond acceptors (Lipinski definition) is 3. The highest BCUT2D eigenvalue weighted by Crippen LogP contribution is 2.13. The maximum atomic E-state index is 13.2. The van der Waals surface area contributed by atoms with Gasteiger partial charge in [-0.2, -0.15) is 0 Å². The van der Waals surface area contributed by atoms with Crippen LogP contribution in [0.2, 0.25) is 0 Å². The van der Waals surface area contributed by atoms with Crippen LogP contribution in [0.1, 0.15) is 17.3 Å². The Morgan fingerprint density at radius 1 is 1.12 bits per heavy atom. The molecule has 0 unspecified atom stereocenters. The van der Waals surface area contributed by atoms with Gasteiger partial charge in [0, 0.05) is 5.56 Å². The molecule has 3 N–H and O–H groups in total. The molecule has 1 aromatic heterocycles. The number of H-pyrrole nitrogens is 1. The van der Waals surface area contributed by atoms with E-state index < -0.39 is 29.5 Å². The van der Waals surface area contributed by atoms with Crippen molar-refractivity contribution in [2.75, 3.05) is 5.32 Å². The summed E-state index contributed by atoms with van der Waals surface area (Å²) in [4.78, 5) is 31.3. The largest absolute Gasteiger partial charge is 0.341 e. The van der Waals surface area contributed by atoms with Crippen LogP contribution in [0.4, 0.5) is 14.7 Å². The number of aromatic amines is 1. The highest BCUT2D eigenvalue weighted by atomic mass is 19.2. The van der Waals surface area contributed by atoms with Crippen molar-refractivity contribution in [2.45, 2.75) is 13.0 Å². The molecule has 0 bridgehead atoms. The average molecular weight is 344 g/mol. The second-order valence-electron chi connectivity index (χ2n) is 5.42. The average Bonchev–Trinajstić information content (AvgIpc) is 2.99. The first-order valence-electron chi connectivity index (χ1n) is 7.45. The summed E-state index contributed by atoms with van der Waals surface area (Å²) in [5.74, 6) is -3.12. The third-order valence-electron chi connectivity index (χ3n) is 3.55. The minimum absolute atomic E-state index is 0.0812. The van der Waals surface area contributed by atoms with E-state index in [0.29, 0.717) is 5.52 Å². The van der Waals surface area contributed by atoms with Gasteiger partial charge in [0.1, 0.15) is 6.04 Å². The predicted octanol–water partition coefficient (Wildman–Crippen LogP) is 2.60. The quantitative estimate of drug-likeness (QED) is 0.680. The molecule has 25 heavy (non-hydrogen) atoms. The van der Waals surface area contributed by atoms with Crippen molar-refractivity contribution in [3.8, 4) is 0 Å². The number of aromatic nitrogens is 2. The van der Waals surface area contributed by atoms with Gasteiger partial charge in [-0.3, -0.25) is 14.9 Å². The van der Waals surface area contributed by atoms with E-state index in [-0.39, 0.29) is 11.5 Å². The van der Waals surface area contributed by atoms with E-state index in [1.165, 1.54) is 6.92 Å². The summed E-state index contributed by atoms with van der Waals surface area (Å²) in [5, 5.41) is 4.97. The molecule has 3 aromatic rings. The van der Waals surface area contributed by atoms with Crippen LogP contribution in [0, 0.1) is 11.6 Å². The molecule has 0 fully saturated rings. The molecule has 0 spiro atoms. The Morgan fingerprint density at radius 2 is 1.88 bits per heavy atom. The molecule has 0 radical (unpaired) electrons. The number of benzene rings is 2. The summed E-state index contributed by atoms with van der Waals surface area (Å²) in [7, 11) is 0. The number of anilines is 1. The second kappa shape index (κ2) is 6.68. The number of fused-ring (bicyclic) bond motifs is 1. The number of hydrogen-bond donors (Lipinski definition) is 3. The minimum atomic E-state index is -1.13. The smallest absolute Gasteiger partial charge is 0.252 e. The molecule has 0 aliphatic heterocycles. The van der Waals surface area contributed by atoms with Crippen LogP contribution in [0.3, 0.4) is 0 Å². The van der Waals surface area contributed by atoms with Crippen molar-refractivity contribution in [3.05, 3.63) is 59.7 Å². The van der Waals surface area contributed by atoms with Crippen molar-refractivity contribution in [2.24, 2.45) is 0 Å². The molecule has 0 aliphatic carbocycles. The van der Waals surface area contributed by atoms with Gasteiger partial charge in [-0.1, -0.05) is 12.1 Å². The van der Waals surface area contributed by atoms with Crippen LogP contribution in [0.5, 0.6) is 0 Å². The van der Waals surface area contributed by atoms with Crippen LogP contribution in [0.15, 0.2) is 42.5 Å². The topological polar surface area (TPSA) is 86.9 Å². The van der Waals surface area contributed by atoms with E-state index in [2.05, 4.69) is 20.6 Å². The predicted molar refractivity (Wildman–Crippen MR) is 88.0 cm³/mol. The van der Waals surface area contributed by atoms with E-state index in [4.69, 9.17) is 0 Å². The number of imidazole rings is 1. The Balaban J connectivity index is 1.65. The van der Waals surface area contributed by atoms with Crippen LogP contribution in [-0.4, -0.2) is 27.8 Å². The number of halogens is 2. The van der Waals surface area contributed by atoms with E-state index in [9.17, 15) is 18.4 Å². The fourth-order valence-corrected chi connectivity index (χ4v) is 2.22. The van der Waals surface area contributed by atoms with Crippen LogP contribution < -0.4 is 10.6 Å². The van der Waals surface area contributed by atoms with E-state index in [1.54, 1.807) is 6.07 Å². The molecule has 2 amide bonds. The molecule has 0 saturated heterocycles. The minimum Gasteiger partial charge on any atom is -0.341 e. The normalized spacial score (nSPS) is 12.0. The molecule has 2 aromatic carbocycles. The van der Waals surface area contributed by atoms with Crippen LogP contribution >= 0.6 is 0 Å². The molecule has 3 rings (SSSR count). The zero-order valence-electron chi connectivity index (χ0n) is 13.1. The second-order valence-corrected chi connectivity index (χ2v) is 5.42. The fourth-order valence-electron chi connectivity index (χ4n) is 2.22. The van der Waals surface area contributed by atoms with Gasteiger partial charge in [-0.15, -0.1) is 0 Å². The Hall–Kier alpha value is -3.29. The fraction of sp³-hybridized carbons (Fsp3) is 0.118. The molecular formula is C17H14F2N4O2. The summed E-state index contributed by atoms with van der Waals surface area (Å²) < 4.78 is 26.1. The van der Waals surface area contributed by atoms with Crippen LogP contribution in [0.25, 0.3) is 11.0 Å². The van der Waals surface area contributed by atoms with Gasteiger partial charge >= 0.3 is 0 Å². The molecule has 0 saturated carbocycles. The SMILES string of the molecule is C[C@@H](NC(=O)c1ccc(F)c(F)c1)C(=O)Nc1nc2ccccc2[nH]1. The zero-order chi connectivity index (χ0) is 18.0. The molecule has 1 heterocycles. The third-order valence-corrected chi connectivity index (χ3v) is 3.55. The van der Waals surface area contributed by atoms with Crippen molar-refractivity contribution < 1.29 is 18.4 Å². The summed E-state index contributed by atoms with van der Waals surface area (Å²) in [6.07, 6.45) is 0. The van der Waals surface area contributed by atoms with Gasteiger partial charge < -0.3 is 10.3 Å². The summed E-state index contributed by atoms with van der Waals surface area (Å²) >= 11 is 0. The maximum absolute atomic E-state index is 13.2. The van der Waals surface area contributed by atoms with Gasteiger partial charge in [0.05, 0.1) is 11.0 Å². The number of rotatable bonds is 4.